The third kappa shape index (κ3) is 5.99. The maximum atomic E-state index is 12.8. The highest BCUT2D eigenvalue weighted by atomic mass is 32.2. The monoisotopic (exact) mass is 511 g/mol. The van der Waals surface area contributed by atoms with Crippen LogP contribution in [0, 0.1) is 0 Å². The zero-order chi connectivity index (χ0) is 24.9. The Morgan fingerprint density at radius 1 is 0.971 bits per heavy atom. The van der Waals surface area contributed by atoms with E-state index < -0.39 is 32.5 Å². The molecule has 1 N–H and O–H groups in total. The number of amides is 1. The lowest BCUT2D eigenvalue weighted by Gasteiger charge is -2.26. The van der Waals surface area contributed by atoms with Crippen LogP contribution in [0.4, 0.5) is 11.4 Å². The molecule has 1 aliphatic heterocycles. The Morgan fingerprint density at radius 2 is 1.62 bits per heavy atom. The van der Waals surface area contributed by atoms with Crippen molar-refractivity contribution in [2.75, 3.05) is 49.7 Å². The molecule has 1 heterocycles. The van der Waals surface area contributed by atoms with Gasteiger partial charge in [0.2, 0.25) is 26.0 Å². The second-order valence-corrected chi connectivity index (χ2v) is 11.7. The molecule has 3 rings (SSSR count). The first-order valence-corrected chi connectivity index (χ1v) is 13.9. The van der Waals surface area contributed by atoms with Gasteiger partial charge in [-0.1, -0.05) is 6.42 Å². The number of rotatable bonds is 9. The predicted molar refractivity (Wildman–Crippen MR) is 129 cm³/mol. The van der Waals surface area contributed by atoms with Crippen LogP contribution in [0.25, 0.3) is 0 Å². The fraction of sp³-hybridized carbons (Fsp3) is 0.409. The van der Waals surface area contributed by atoms with E-state index in [-0.39, 0.29) is 16.3 Å². The first-order chi connectivity index (χ1) is 16.1. The van der Waals surface area contributed by atoms with Gasteiger partial charge in [0.15, 0.2) is 0 Å². The molecule has 0 saturated carbocycles. The van der Waals surface area contributed by atoms with Crippen LogP contribution in [-0.2, 0) is 24.8 Å². The summed E-state index contributed by atoms with van der Waals surface area (Å²) in [6.45, 7) is 0.489. The highest BCUT2D eigenvalue weighted by Crippen LogP contribution is 2.33. The molecular weight excluding hydrogens is 482 g/mol. The average molecular weight is 512 g/mol. The van der Waals surface area contributed by atoms with Gasteiger partial charge in [0.05, 0.1) is 31.1 Å². The molecule has 0 aromatic heterocycles. The number of methoxy groups -OCH3 is 2. The van der Waals surface area contributed by atoms with Gasteiger partial charge in [-0.15, -0.1) is 0 Å². The number of ether oxygens (including phenoxy) is 2. The first kappa shape index (κ1) is 25.8. The minimum absolute atomic E-state index is 0.146. The summed E-state index contributed by atoms with van der Waals surface area (Å²) in [4.78, 5) is 12.8. The minimum Gasteiger partial charge on any atom is -0.497 e. The fourth-order valence-electron chi connectivity index (χ4n) is 3.67. The van der Waals surface area contributed by atoms with Crippen LogP contribution in [0.5, 0.6) is 11.5 Å². The molecule has 1 aliphatic rings. The molecule has 1 amide bonds. The zero-order valence-corrected chi connectivity index (χ0v) is 21.0. The Labute approximate surface area is 200 Å². The van der Waals surface area contributed by atoms with Gasteiger partial charge in [-0.25, -0.2) is 16.8 Å². The number of anilines is 2. The number of carbonyl (C=O) groups excluding carboxylic acids is 1. The third-order valence-corrected chi connectivity index (χ3v) is 8.47. The average Bonchev–Trinajstić information content (AvgIpc) is 2.82. The molecule has 0 spiro atoms. The van der Waals surface area contributed by atoms with Gasteiger partial charge in [-0.3, -0.25) is 9.10 Å². The molecule has 2 aromatic rings. The van der Waals surface area contributed by atoms with Crippen LogP contribution in [0.1, 0.15) is 19.3 Å². The molecule has 0 radical (unpaired) electrons. The van der Waals surface area contributed by atoms with E-state index in [0.717, 1.165) is 29.8 Å². The van der Waals surface area contributed by atoms with Gasteiger partial charge >= 0.3 is 0 Å². The minimum atomic E-state index is -3.83. The highest BCUT2D eigenvalue weighted by Gasteiger charge is 2.27. The summed E-state index contributed by atoms with van der Waals surface area (Å²) in [7, 11) is -4.56. The van der Waals surface area contributed by atoms with E-state index in [2.05, 4.69) is 5.32 Å². The second kappa shape index (κ2) is 10.6. The van der Waals surface area contributed by atoms with Gasteiger partial charge in [0, 0.05) is 24.8 Å². The summed E-state index contributed by atoms with van der Waals surface area (Å²) in [6.07, 6.45) is 3.68. The standard InChI is InChI=1S/C22H29N3O7S2/c1-31-18-9-12-20(21(15-18)32-2)25(33(3,27)28)16-22(26)23-17-7-10-19(11-8-17)34(29,30)24-13-5-4-6-14-24/h7-12,15H,4-6,13-14,16H2,1-3H3,(H,23,26). The largest absolute Gasteiger partial charge is 0.497 e. The van der Waals surface area contributed by atoms with E-state index in [1.165, 1.54) is 54.9 Å². The number of nitrogens with one attached hydrogen (secondary N) is 1. The number of nitrogens with zero attached hydrogens (tertiary/aromatic N) is 2. The molecule has 1 fully saturated rings. The molecule has 0 aliphatic carbocycles. The number of sulfonamides is 2. The summed E-state index contributed by atoms with van der Waals surface area (Å²) in [5.74, 6) is 0.0953. The number of carbonyl (C=O) groups is 1. The lowest BCUT2D eigenvalue weighted by molar-refractivity contribution is -0.114. The van der Waals surface area contributed by atoms with Crippen molar-refractivity contribution < 1.29 is 31.1 Å². The van der Waals surface area contributed by atoms with Crippen molar-refractivity contribution in [1.82, 2.24) is 4.31 Å². The van der Waals surface area contributed by atoms with Crippen LogP contribution >= 0.6 is 0 Å². The molecule has 0 bridgehead atoms. The highest BCUT2D eigenvalue weighted by molar-refractivity contribution is 7.92. The van der Waals surface area contributed by atoms with Gasteiger partial charge in [0.25, 0.3) is 0 Å². The Kier molecular flexibility index (Phi) is 8.05. The quantitative estimate of drug-likeness (QED) is 0.548. The number of hydrogen-bond donors (Lipinski definition) is 1. The van der Waals surface area contributed by atoms with E-state index in [4.69, 9.17) is 9.47 Å². The molecule has 10 nitrogen and oxygen atoms in total. The molecular formula is C22H29N3O7S2. The molecule has 186 valence electrons. The molecule has 0 atom stereocenters. The number of benzene rings is 2. The number of piperidine rings is 1. The van der Waals surface area contributed by atoms with E-state index in [1.54, 1.807) is 6.07 Å². The lowest BCUT2D eigenvalue weighted by atomic mass is 10.2. The molecule has 1 saturated heterocycles. The van der Waals surface area contributed by atoms with Crippen LogP contribution in [-0.4, -0.2) is 67.2 Å². The SMILES string of the molecule is COc1ccc(N(CC(=O)Nc2ccc(S(=O)(=O)N3CCCCC3)cc2)S(C)(=O)=O)c(OC)c1. The van der Waals surface area contributed by atoms with Crippen molar-refractivity contribution in [2.45, 2.75) is 24.2 Å². The summed E-state index contributed by atoms with van der Waals surface area (Å²) in [5, 5.41) is 2.61. The van der Waals surface area contributed by atoms with Crippen LogP contribution < -0.4 is 19.1 Å². The van der Waals surface area contributed by atoms with Crippen LogP contribution in [0.3, 0.4) is 0 Å². The third-order valence-electron chi connectivity index (χ3n) is 5.43. The second-order valence-electron chi connectivity index (χ2n) is 7.84. The summed E-state index contributed by atoms with van der Waals surface area (Å²) in [6, 6.07) is 10.4. The smallest absolute Gasteiger partial charge is 0.245 e. The van der Waals surface area contributed by atoms with E-state index >= 15 is 0 Å². The normalized spacial score (nSPS) is 14.9. The number of hydrogen-bond acceptors (Lipinski definition) is 7. The van der Waals surface area contributed by atoms with Crippen LogP contribution in [0.2, 0.25) is 0 Å². The van der Waals surface area contributed by atoms with Crippen LogP contribution in [0.15, 0.2) is 47.4 Å². The summed E-state index contributed by atoms with van der Waals surface area (Å²) >= 11 is 0. The van der Waals surface area contributed by atoms with E-state index in [9.17, 15) is 21.6 Å². The molecule has 0 unspecified atom stereocenters. The van der Waals surface area contributed by atoms with Crippen molar-refractivity contribution in [1.29, 1.82) is 0 Å². The Morgan fingerprint density at radius 3 is 2.18 bits per heavy atom. The Balaban J connectivity index is 1.75. The van der Waals surface area contributed by atoms with E-state index in [1.807, 2.05) is 0 Å². The lowest BCUT2D eigenvalue weighted by Crippen LogP contribution is -2.37. The van der Waals surface area contributed by atoms with Crippen molar-refractivity contribution in [3.8, 4) is 11.5 Å². The van der Waals surface area contributed by atoms with Gasteiger partial charge in [-0.05, 0) is 49.2 Å². The fourth-order valence-corrected chi connectivity index (χ4v) is 6.04. The topological polar surface area (TPSA) is 122 Å². The van der Waals surface area contributed by atoms with Gasteiger partial charge in [0.1, 0.15) is 18.0 Å². The predicted octanol–water partition coefficient (Wildman–Crippen LogP) is 2.28. The first-order valence-electron chi connectivity index (χ1n) is 10.7. The summed E-state index contributed by atoms with van der Waals surface area (Å²) in [5.41, 5.74) is 0.529. The maximum absolute atomic E-state index is 12.8. The van der Waals surface area contributed by atoms with Crippen molar-refractivity contribution >= 4 is 37.3 Å². The molecule has 12 heteroatoms. The Bertz CT molecular complexity index is 1220. The summed E-state index contributed by atoms with van der Waals surface area (Å²) < 4.78 is 63.3. The van der Waals surface area contributed by atoms with Crippen molar-refractivity contribution in [2.24, 2.45) is 0 Å². The zero-order valence-electron chi connectivity index (χ0n) is 19.4. The molecule has 2 aromatic carbocycles. The Hall–Kier alpha value is -2.83. The van der Waals surface area contributed by atoms with E-state index in [0.29, 0.717) is 24.5 Å². The van der Waals surface area contributed by atoms with Gasteiger partial charge < -0.3 is 14.8 Å². The molecule has 34 heavy (non-hydrogen) atoms. The maximum Gasteiger partial charge on any atom is 0.245 e. The van der Waals surface area contributed by atoms with Crippen molar-refractivity contribution in [3.05, 3.63) is 42.5 Å². The van der Waals surface area contributed by atoms with Crippen molar-refractivity contribution in [3.63, 3.8) is 0 Å². The van der Waals surface area contributed by atoms with Gasteiger partial charge in [-0.2, -0.15) is 4.31 Å².